The minimum Gasteiger partial charge on any atom is -0.482 e. The molecule has 0 aliphatic carbocycles. The van der Waals surface area contributed by atoms with Gasteiger partial charge in [0.1, 0.15) is 11.9 Å². The SMILES string of the molecule is O=[N+]([O-])c1ccc2c(c1)C=C[C@H](/C=C/c1ccccc1)O2. The highest BCUT2D eigenvalue weighted by Gasteiger charge is 2.15. The Balaban J connectivity index is 1.77. The van der Waals surface area contributed by atoms with Crippen LogP contribution in [0.2, 0.25) is 0 Å². The molecular weight excluding hydrogens is 266 g/mol. The summed E-state index contributed by atoms with van der Waals surface area (Å²) in [4.78, 5) is 10.3. The third-order valence-corrected chi connectivity index (χ3v) is 3.21. The summed E-state index contributed by atoms with van der Waals surface area (Å²) in [5, 5.41) is 10.7. The summed E-state index contributed by atoms with van der Waals surface area (Å²) >= 11 is 0. The number of hydrogen-bond donors (Lipinski definition) is 0. The normalized spacial score (nSPS) is 16.5. The molecule has 0 bridgehead atoms. The lowest BCUT2D eigenvalue weighted by molar-refractivity contribution is -0.384. The smallest absolute Gasteiger partial charge is 0.270 e. The number of non-ortho nitro benzene ring substituents is 1. The molecule has 0 saturated heterocycles. The standard InChI is InChI=1S/C17H13NO3/c19-18(20)15-8-11-17-14(12-15)7-10-16(21-17)9-6-13-4-2-1-3-5-13/h1-12,16H/b9-6+/t16-/m0/s1. The zero-order chi connectivity index (χ0) is 14.7. The molecule has 1 aliphatic rings. The lowest BCUT2D eigenvalue weighted by Gasteiger charge is -2.18. The van der Waals surface area contributed by atoms with Crippen molar-refractivity contribution >= 4 is 17.8 Å². The van der Waals surface area contributed by atoms with Gasteiger partial charge in [0.15, 0.2) is 0 Å². The van der Waals surface area contributed by atoms with E-state index in [2.05, 4.69) is 0 Å². The number of rotatable bonds is 3. The van der Waals surface area contributed by atoms with E-state index in [4.69, 9.17) is 4.74 Å². The monoisotopic (exact) mass is 279 g/mol. The van der Waals surface area contributed by atoms with E-state index >= 15 is 0 Å². The first kappa shape index (κ1) is 13.1. The van der Waals surface area contributed by atoms with E-state index in [-0.39, 0.29) is 11.8 Å². The van der Waals surface area contributed by atoms with Crippen molar-refractivity contribution in [2.45, 2.75) is 6.10 Å². The number of hydrogen-bond acceptors (Lipinski definition) is 3. The molecule has 21 heavy (non-hydrogen) atoms. The first-order chi connectivity index (χ1) is 10.2. The van der Waals surface area contributed by atoms with E-state index in [9.17, 15) is 10.1 Å². The molecule has 0 aromatic heterocycles. The van der Waals surface area contributed by atoms with Gasteiger partial charge < -0.3 is 4.74 Å². The van der Waals surface area contributed by atoms with Crippen LogP contribution in [0.3, 0.4) is 0 Å². The van der Waals surface area contributed by atoms with Crippen LogP contribution in [0.25, 0.3) is 12.2 Å². The minimum atomic E-state index is -0.407. The summed E-state index contributed by atoms with van der Waals surface area (Å²) in [5.41, 5.74) is 1.90. The highest BCUT2D eigenvalue weighted by atomic mass is 16.6. The topological polar surface area (TPSA) is 52.4 Å². The fourth-order valence-electron chi connectivity index (χ4n) is 2.14. The second-order valence-corrected chi connectivity index (χ2v) is 4.69. The summed E-state index contributed by atoms with van der Waals surface area (Å²) < 4.78 is 5.79. The maximum absolute atomic E-state index is 10.7. The predicted octanol–water partition coefficient (Wildman–Crippen LogP) is 4.08. The van der Waals surface area contributed by atoms with E-state index in [0.717, 1.165) is 11.1 Å². The molecule has 1 heterocycles. The third kappa shape index (κ3) is 3.00. The van der Waals surface area contributed by atoms with Gasteiger partial charge in [0.25, 0.3) is 5.69 Å². The summed E-state index contributed by atoms with van der Waals surface area (Å²) in [6.45, 7) is 0. The van der Waals surface area contributed by atoms with Gasteiger partial charge in [-0.15, -0.1) is 0 Å². The van der Waals surface area contributed by atoms with E-state index in [1.165, 1.54) is 12.1 Å². The second kappa shape index (κ2) is 5.63. The van der Waals surface area contributed by atoms with Crippen molar-refractivity contribution < 1.29 is 9.66 Å². The highest BCUT2D eigenvalue weighted by Crippen LogP contribution is 2.30. The quantitative estimate of drug-likeness (QED) is 0.628. The van der Waals surface area contributed by atoms with Crippen LogP contribution in [-0.2, 0) is 0 Å². The van der Waals surface area contributed by atoms with Crippen LogP contribution in [0.5, 0.6) is 5.75 Å². The summed E-state index contributed by atoms with van der Waals surface area (Å²) in [6.07, 6.45) is 7.51. The van der Waals surface area contributed by atoms with Gasteiger partial charge in [0, 0.05) is 17.7 Å². The van der Waals surface area contributed by atoms with Crippen molar-refractivity contribution in [2.75, 3.05) is 0 Å². The summed E-state index contributed by atoms with van der Waals surface area (Å²) in [5.74, 6) is 0.658. The molecule has 0 unspecified atom stereocenters. The molecule has 0 saturated carbocycles. The van der Waals surface area contributed by atoms with Crippen LogP contribution < -0.4 is 4.74 Å². The molecule has 4 heteroatoms. The van der Waals surface area contributed by atoms with Gasteiger partial charge in [0.05, 0.1) is 4.92 Å². The molecule has 2 aromatic rings. The summed E-state index contributed by atoms with van der Waals surface area (Å²) in [7, 11) is 0. The Labute approximate surface area is 122 Å². The molecule has 0 N–H and O–H groups in total. The first-order valence-electron chi connectivity index (χ1n) is 6.59. The zero-order valence-corrected chi connectivity index (χ0v) is 11.2. The maximum atomic E-state index is 10.7. The number of benzene rings is 2. The van der Waals surface area contributed by atoms with Gasteiger partial charge in [0.2, 0.25) is 0 Å². The molecule has 1 atom stereocenters. The van der Waals surface area contributed by atoms with Crippen LogP contribution in [0.15, 0.2) is 60.7 Å². The molecule has 0 spiro atoms. The van der Waals surface area contributed by atoms with Gasteiger partial charge in [-0.25, -0.2) is 0 Å². The van der Waals surface area contributed by atoms with E-state index in [0.29, 0.717) is 5.75 Å². The molecular formula is C17H13NO3. The van der Waals surface area contributed by atoms with Crippen molar-refractivity contribution in [1.29, 1.82) is 0 Å². The van der Waals surface area contributed by atoms with Gasteiger partial charge >= 0.3 is 0 Å². The predicted molar refractivity (Wildman–Crippen MR) is 82.0 cm³/mol. The lowest BCUT2D eigenvalue weighted by atomic mass is 10.1. The van der Waals surface area contributed by atoms with E-state index < -0.39 is 4.92 Å². The Morgan fingerprint density at radius 3 is 2.71 bits per heavy atom. The summed E-state index contributed by atoms with van der Waals surface area (Å²) in [6, 6.07) is 14.6. The van der Waals surface area contributed by atoms with Crippen LogP contribution in [0.1, 0.15) is 11.1 Å². The van der Waals surface area contributed by atoms with E-state index in [1.807, 2.05) is 54.6 Å². The van der Waals surface area contributed by atoms with Crippen molar-refractivity contribution in [3.63, 3.8) is 0 Å². The largest absolute Gasteiger partial charge is 0.482 e. The van der Waals surface area contributed by atoms with Gasteiger partial charge in [-0.3, -0.25) is 10.1 Å². The van der Waals surface area contributed by atoms with Crippen LogP contribution in [0.4, 0.5) is 5.69 Å². The van der Waals surface area contributed by atoms with Crippen molar-refractivity contribution in [2.24, 2.45) is 0 Å². The molecule has 3 rings (SSSR count). The van der Waals surface area contributed by atoms with Gasteiger partial charge in [-0.1, -0.05) is 42.5 Å². The lowest BCUT2D eigenvalue weighted by Crippen LogP contribution is -2.13. The van der Waals surface area contributed by atoms with Gasteiger partial charge in [-0.2, -0.15) is 0 Å². The van der Waals surface area contributed by atoms with Crippen LogP contribution >= 0.6 is 0 Å². The van der Waals surface area contributed by atoms with Gasteiger partial charge in [-0.05, 0) is 23.8 Å². The Hall–Kier alpha value is -2.88. The number of nitrogens with zero attached hydrogens (tertiary/aromatic N) is 1. The second-order valence-electron chi connectivity index (χ2n) is 4.69. The Morgan fingerprint density at radius 1 is 1.14 bits per heavy atom. The Morgan fingerprint density at radius 2 is 1.95 bits per heavy atom. The van der Waals surface area contributed by atoms with E-state index in [1.54, 1.807) is 6.07 Å². The van der Waals surface area contributed by atoms with Crippen LogP contribution in [0, 0.1) is 10.1 Å². The fraction of sp³-hybridized carbons (Fsp3) is 0.0588. The number of ether oxygens (including phenoxy) is 1. The fourth-order valence-corrected chi connectivity index (χ4v) is 2.14. The molecule has 2 aromatic carbocycles. The van der Waals surface area contributed by atoms with Crippen molar-refractivity contribution in [3.05, 3.63) is 81.9 Å². The van der Waals surface area contributed by atoms with Crippen LogP contribution in [-0.4, -0.2) is 11.0 Å². The highest BCUT2D eigenvalue weighted by molar-refractivity contribution is 5.64. The van der Waals surface area contributed by atoms with Crippen molar-refractivity contribution in [1.82, 2.24) is 0 Å². The van der Waals surface area contributed by atoms with Crippen molar-refractivity contribution in [3.8, 4) is 5.75 Å². The number of nitro groups is 1. The Bertz CT molecular complexity index is 720. The molecule has 0 amide bonds. The third-order valence-electron chi connectivity index (χ3n) is 3.21. The average Bonchev–Trinajstić information content (AvgIpc) is 2.53. The minimum absolute atomic E-state index is 0.0697. The first-order valence-corrected chi connectivity index (χ1v) is 6.59. The molecule has 0 radical (unpaired) electrons. The number of nitro benzene ring substituents is 1. The zero-order valence-electron chi connectivity index (χ0n) is 11.2. The average molecular weight is 279 g/mol. The molecule has 1 aliphatic heterocycles. The molecule has 104 valence electrons. The molecule has 4 nitrogen and oxygen atoms in total. The maximum Gasteiger partial charge on any atom is 0.270 e. The molecule has 0 fully saturated rings. The Kier molecular flexibility index (Phi) is 3.51. The number of fused-ring (bicyclic) bond motifs is 1.